The fourth-order valence-corrected chi connectivity index (χ4v) is 3.67. The van der Waals surface area contributed by atoms with Gasteiger partial charge in [0.05, 0.1) is 5.92 Å². The second kappa shape index (κ2) is 5.99. The van der Waals surface area contributed by atoms with Gasteiger partial charge in [-0.25, -0.2) is 4.98 Å². The highest BCUT2D eigenvalue weighted by Crippen LogP contribution is 2.26. The van der Waals surface area contributed by atoms with Gasteiger partial charge in [-0.2, -0.15) is 0 Å². The molecule has 0 aromatic carbocycles. The number of carbonyl (C=O) groups excluding carboxylic acids is 1. The summed E-state index contributed by atoms with van der Waals surface area (Å²) in [7, 11) is 0. The van der Waals surface area contributed by atoms with Crippen molar-refractivity contribution in [1.29, 1.82) is 0 Å². The maximum atomic E-state index is 12.7. The first-order valence-electron chi connectivity index (χ1n) is 6.92. The summed E-state index contributed by atoms with van der Waals surface area (Å²) in [6.45, 7) is 8.53. The zero-order chi connectivity index (χ0) is 14.9. The number of aromatic nitrogens is 2. The lowest BCUT2D eigenvalue weighted by Gasteiger charge is -2.35. The van der Waals surface area contributed by atoms with Crippen molar-refractivity contribution in [3.05, 3.63) is 22.6 Å². The van der Waals surface area contributed by atoms with Crippen LogP contribution < -0.4 is 5.56 Å². The molecule has 1 aliphatic rings. The second-order valence-electron chi connectivity index (χ2n) is 5.62. The SMILES string of the molecule is CC(C)N(C(=O)C1CSc2nccc(=O)n2C1)C(C)C. The number of carbonyl (C=O) groups is 1. The van der Waals surface area contributed by atoms with Crippen LogP contribution in [0.15, 0.2) is 22.2 Å². The van der Waals surface area contributed by atoms with Gasteiger partial charge in [0.1, 0.15) is 0 Å². The Bertz CT molecular complexity index is 546. The summed E-state index contributed by atoms with van der Waals surface area (Å²) in [6, 6.07) is 1.78. The smallest absolute Gasteiger partial charge is 0.254 e. The van der Waals surface area contributed by atoms with Gasteiger partial charge in [0.15, 0.2) is 5.16 Å². The second-order valence-corrected chi connectivity index (χ2v) is 6.60. The van der Waals surface area contributed by atoms with Crippen LogP contribution in [-0.4, -0.2) is 38.2 Å². The third-order valence-corrected chi connectivity index (χ3v) is 4.59. The molecule has 0 aliphatic carbocycles. The Morgan fingerprint density at radius 1 is 1.40 bits per heavy atom. The summed E-state index contributed by atoms with van der Waals surface area (Å²) in [5.41, 5.74) is -0.0827. The van der Waals surface area contributed by atoms with Crippen molar-refractivity contribution in [3.63, 3.8) is 0 Å². The number of amides is 1. The molecule has 1 aromatic rings. The maximum absolute atomic E-state index is 12.7. The van der Waals surface area contributed by atoms with Gasteiger partial charge < -0.3 is 4.90 Å². The molecule has 1 atom stereocenters. The monoisotopic (exact) mass is 295 g/mol. The minimum Gasteiger partial charge on any atom is -0.338 e. The van der Waals surface area contributed by atoms with E-state index in [-0.39, 0.29) is 29.5 Å². The zero-order valence-electron chi connectivity index (χ0n) is 12.4. The van der Waals surface area contributed by atoms with Crippen molar-refractivity contribution < 1.29 is 4.79 Å². The molecule has 6 heteroatoms. The van der Waals surface area contributed by atoms with Crippen molar-refractivity contribution in [1.82, 2.24) is 14.5 Å². The number of hydrogen-bond donors (Lipinski definition) is 0. The van der Waals surface area contributed by atoms with Gasteiger partial charge in [-0.3, -0.25) is 14.2 Å². The fourth-order valence-electron chi connectivity index (χ4n) is 2.62. The molecule has 0 spiro atoms. The molecular formula is C14H21N3O2S. The van der Waals surface area contributed by atoms with E-state index < -0.39 is 0 Å². The molecule has 20 heavy (non-hydrogen) atoms. The average Bonchev–Trinajstić information content (AvgIpc) is 2.38. The molecule has 5 nitrogen and oxygen atoms in total. The highest BCUT2D eigenvalue weighted by atomic mass is 32.2. The van der Waals surface area contributed by atoms with Crippen molar-refractivity contribution in [2.24, 2.45) is 5.92 Å². The van der Waals surface area contributed by atoms with Gasteiger partial charge in [0.2, 0.25) is 5.91 Å². The van der Waals surface area contributed by atoms with E-state index in [4.69, 9.17) is 0 Å². The van der Waals surface area contributed by atoms with Crippen LogP contribution in [0, 0.1) is 5.92 Å². The van der Waals surface area contributed by atoms with Gasteiger partial charge in [0.25, 0.3) is 5.56 Å². The van der Waals surface area contributed by atoms with Crippen LogP contribution >= 0.6 is 11.8 Å². The molecule has 110 valence electrons. The molecule has 0 bridgehead atoms. The highest BCUT2D eigenvalue weighted by molar-refractivity contribution is 7.99. The van der Waals surface area contributed by atoms with E-state index >= 15 is 0 Å². The Morgan fingerprint density at radius 3 is 2.65 bits per heavy atom. The first-order valence-corrected chi connectivity index (χ1v) is 7.91. The standard InChI is InChI=1S/C14H21N3O2S/c1-9(2)17(10(3)4)13(19)11-7-16-12(18)5-6-15-14(16)20-8-11/h5-6,9-11H,7-8H2,1-4H3. The van der Waals surface area contributed by atoms with E-state index in [1.165, 1.54) is 24.0 Å². The molecule has 1 aliphatic heterocycles. The van der Waals surface area contributed by atoms with Crippen LogP contribution in [0.25, 0.3) is 0 Å². The quantitative estimate of drug-likeness (QED) is 0.795. The topological polar surface area (TPSA) is 55.2 Å². The first kappa shape index (κ1) is 15.1. The molecule has 0 saturated heterocycles. The van der Waals surface area contributed by atoms with Gasteiger partial charge in [-0.05, 0) is 27.7 Å². The Kier molecular flexibility index (Phi) is 4.52. The average molecular weight is 295 g/mol. The molecule has 0 fully saturated rings. The Hall–Kier alpha value is -1.30. The van der Waals surface area contributed by atoms with E-state index in [0.29, 0.717) is 17.5 Å². The molecule has 2 rings (SSSR count). The molecule has 1 aromatic heterocycles. The maximum Gasteiger partial charge on any atom is 0.254 e. The van der Waals surface area contributed by atoms with E-state index in [9.17, 15) is 9.59 Å². The lowest BCUT2D eigenvalue weighted by molar-refractivity contribution is -0.139. The minimum absolute atomic E-state index is 0.0827. The Balaban J connectivity index is 2.22. The highest BCUT2D eigenvalue weighted by Gasteiger charge is 2.31. The fraction of sp³-hybridized carbons (Fsp3) is 0.643. The van der Waals surface area contributed by atoms with Crippen molar-refractivity contribution in [2.45, 2.75) is 51.5 Å². The summed E-state index contributed by atoms with van der Waals surface area (Å²) in [5.74, 6) is 0.661. The molecule has 0 radical (unpaired) electrons. The summed E-state index contributed by atoms with van der Waals surface area (Å²) in [4.78, 5) is 30.6. The number of hydrogen-bond acceptors (Lipinski definition) is 4. The third-order valence-electron chi connectivity index (χ3n) is 3.43. The van der Waals surface area contributed by atoms with Crippen molar-refractivity contribution in [3.8, 4) is 0 Å². The number of thioether (sulfide) groups is 1. The lowest BCUT2D eigenvalue weighted by atomic mass is 10.1. The molecule has 0 saturated carbocycles. The van der Waals surface area contributed by atoms with E-state index in [1.807, 2.05) is 32.6 Å². The van der Waals surface area contributed by atoms with Crippen molar-refractivity contribution >= 4 is 17.7 Å². The van der Waals surface area contributed by atoms with Crippen LogP contribution in [0.5, 0.6) is 0 Å². The summed E-state index contributed by atoms with van der Waals surface area (Å²) in [5, 5.41) is 0.710. The Morgan fingerprint density at radius 2 is 2.05 bits per heavy atom. The molecule has 0 N–H and O–H groups in total. The zero-order valence-corrected chi connectivity index (χ0v) is 13.2. The van der Waals surface area contributed by atoms with Gasteiger partial charge in [-0.1, -0.05) is 11.8 Å². The summed E-state index contributed by atoms with van der Waals surface area (Å²) < 4.78 is 1.61. The van der Waals surface area contributed by atoms with Gasteiger partial charge in [0, 0.05) is 36.6 Å². The van der Waals surface area contributed by atoms with Crippen LogP contribution in [0.2, 0.25) is 0 Å². The third kappa shape index (κ3) is 2.90. The number of nitrogens with zero attached hydrogens (tertiary/aromatic N) is 3. The normalized spacial score (nSPS) is 18.2. The van der Waals surface area contributed by atoms with Gasteiger partial charge in [-0.15, -0.1) is 0 Å². The summed E-state index contributed by atoms with van der Waals surface area (Å²) >= 11 is 1.48. The molecule has 1 amide bonds. The van der Waals surface area contributed by atoms with Gasteiger partial charge >= 0.3 is 0 Å². The van der Waals surface area contributed by atoms with Crippen LogP contribution in [-0.2, 0) is 11.3 Å². The predicted molar refractivity (Wildman–Crippen MR) is 79.8 cm³/mol. The molecule has 1 unspecified atom stereocenters. The molecule has 2 heterocycles. The minimum atomic E-state index is -0.154. The molecular weight excluding hydrogens is 274 g/mol. The van der Waals surface area contributed by atoms with E-state index in [0.717, 1.165) is 0 Å². The van der Waals surface area contributed by atoms with E-state index in [2.05, 4.69) is 4.98 Å². The van der Waals surface area contributed by atoms with E-state index in [1.54, 1.807) is 4.57 Å². The Labute approximate surface area is 123 Å². The number of fused-ring (bicyclic) bond motifs is 1. The van der Waals surface area contributed by atoms with Crippen LogP contribution in [0.1, 0.15) is 27.7 Å². The van der Waals surface area contributed by atoms with Crippen LogP contribution in [0.3, 0.4) is 0 Å². The predicted octanol–water partition coefficient (Wildman–Crippen LogP) is 1.61. The summed E-state index contributed by atoms with van der Waals surface area (Å²) in [6.07, 6.45) is 1.53. The number of rotatable bonds is 3. The lowest BCUT2D eigenvalue weighted by Crippen LogP contribution is -2.48. The largest absolute Gasteiger partial charge is 0.338 e. The first-order chi connectivity index (χ1) is 9.41. The van der Waals surface area contributed by atoms with Crippen molar-refractivity contribution in [2.75, 3.05) is 5.75 Å². The van der Waals surface area contributed by atoms with Crippen LogP contribution in [0.4, 0.5) is 0 Å².